The number of piperidine rings is 1. The predicted molar refractivity (Wildman–Crippen MR) is 160 cm³/mol. The Kier molecular flexibility index (Phi) is 7.86. The number of rotatable bonds is 7. The van der Waals surface area contributed by atoms with Gasteiger partial charge in [0.25, 0.3) is 0 Å². The van der Waals surface area contributed by atoms with E-state index in [2.05, 4.69) is 59.3 Å². The van der Waals surface area contributed by atoms with E-state index in [1.54, 1.807) is 0 Å². The average Bonchev–Trinajstić information content (AvgIpc) is 3.39. The van der Waals surface area contributed by atoms with Crippen molar-refractivity contribution in [3.8, 4) is 12.2 Å². The lowest BCUT2D eigenvalue weighted by Crippen LogP contribution is -2.39. The third-order valence-electron chi connectivity index (χ3n) is 8.83. The molecule has 9 heteroatoms. The smallest absolute Gasteiger partial charge is 0.318 e. The summed E-state index contributed by atoms with van der Waals surface area (Å²) in [6.45, 7) is 5.77. The van der Waals surface area contributed by atoms with E-state index in [1.165, 1.54) is 12.0 Å². The molecule has 2 atom stereocenters. The van der Waals surface area contributed by atoms with Crippen molar-refractivity contribution in [3.63, 3.8) is 0 Å². The molecular weight excluding hydrogens is 522 g/mol. The lowest BCUT2D eigenvalue weighted by atomic mass is 9.97. The molecule has 0 saturated carbocycles. The number of benzene rings is 2. The van der Waals surface area contributed by atoms with Gasteiger partial charge in [0.15, 0.2) is 6.19 Å². The summed E-state index contributed by atoms with van der Waals surface area (Å²) in [7, 11) is 4.29. The molecule has 2 fully saturated rings. The van der Waals surface area contributed by atoms with Crippen LogP contribution in [0.1, 0.15) is 36.9 Å². The molecule has 0 spiro atoms. The summed E-state index contributed by atoms with van der Waals surface area (Å²) in [5.74, 6) is 1.39. The molecule has 0 bridgehead atoms. The highest BCUT2D eigenvalue weighted by Crippen LogP contribution is 2.37. The number of hydrogen-bond acceptors (Lipinski definition) is 8. The van der Waals surface area contributed by atoms with Crippen LogP contribution < -0.4 is 14.5 Å². The number of likely N-dealkylation sites (tertiary alicyclic amines) is 2. The van der Waals surface area contributed by atoms with Crippen LogP contribution >= 0.6 is 11.6 Å². The molecule has 0 N–H and O–H groups in total. The molecule has 210 valence electrons. The van der Waals surface area contributed by atoms with Crippen molar-refractivity contribution < 1.29 is 4.74 Å². The highest BCUT2D eigenvalue weighted by Gasteiger charge is 2.29. The molecule has 0 aliphatic carbocycles. The third-order valence-corrected chi connectivity index (χ3v) is 9.14. The number of hydrogen-bond donors (Lipinski definition) is 0. The lowest BCUT2D eigenvalue weighted by molar-refractivity contribution is 0.187. The van der Waals surface area contributed by atoms with Crippen LogP contribution in [0.15, 0.2) is 36.4 Å². The molecule has 2 aromatic carbocycles. The summed E-state index contributed by atoms with van der Waals surface area (Å²) in [6, 6.07) is 13.3. The van der Waals surface area contributed by atoms with Crippen LogP contribution in [0.25, 0.3) is 10.8 Å². The molecule has 2 saturated heterocycles. The maximum absolute atomic E-state index is 9.43. The van der Waals surface area contributed by atoms with Gasteiger partial charge in [0.05, 0.1) is 17.3 Å². The molecule has 3 aromatic rings. The minimum Gasteiger partial charge on any atom is -0.462 e. The van der Waals surface area contributed by atoms with Crippen LogP contribution in [0.3, 0.4) is 0 Å². The Bertz CT molecular complexity index is 1400. The van der Waals surface area contributed by atoms with Crippen LogP contribution in [0, 0.1) is 17.4 Å². The summed E-state index contributed by atoms with van der Waals surface area (Å²) in [4.78, 5) is 18.9. The van der Waals surface area contributed by atoms with Crippen molar-refractivity contribution in [2.75, 3.05) is 63.2 Å². The van der Waals surface area contributed by atoms with Gasteiger partial charge in [0.2, 0.25) is 0 Å². The maximum atomic E-state index is 9.43. The van der Waals surface area contributed by atoms with E-state index >= 15 is 0 Å². The Morgan fingerprint density at radius 2 is 1.93 bits per heavy atom. The van der Waals surface area contributed by atoms with Crippen molar-refractivity contribution in [3.05, 3.63) is 52.7 Å². The largest absolute Gasteiger partial charge is 0.462 e. The van der Waals surface area contributed by atoms with E-state index < -0.39 is 0 Å². The first kappa shape index (κ1) is 26.9. The van der Waals surface area contributed by atoms with Gasteiger partial charge in [0, 0.05) is 55.9 Å². The SMILES string of the molecule is CN(CC1CCCN(C#N)C1)c1nc(OC[C@@H]2CCCN2C)nc2c1CCN(c1cccc3cccc(Cl)c13)C2. The molecule has 3 aliphatic rings. The zero-order valence-electron chi connectivity index (χ0n) is 23.5. The van der Waals surface area contributed by atoms with Gasteiger partial charge in [0.1, 0.15) is 12.4 Å². The minimum atomic E-state index is 0.398. The first-order valence-corrected chi connectivity index (χ1v) is 14.9. The first-order valence-electron chi connectivity index (χ1n) is 14.5. The second-order valence-electron chi connectivity index (χ2n) is 11.6. The van der Waals surface area contributed by atoms with Gasteiger partial charge < -0.3 is 24.3 Å². The van der Waals surface area contributed by atoms with Crippen LogP contribution in [0.4, 0.5) is 11.5 Å². The van der Waals surface area contributed by atoms with Gasteiger partial charge >= 0.3 is 6.01 Å². The van der Waals surface area contributed by atoms with Crippen molar-refractivity contribution >= 4 is 33.9 Å². The van der Waals surface area contributed by atoms with Gasteiger partial charge in [-0.15, -0.1) is 0 Å². The normalized spacial score (nSPS) is 21.4. The van der Waals surface area contributed by atoms with E-state index in [0.717, 1.165) is 91.4 Å². The van der Waals surface area contributed by atoms with Crippen LogP contribution in [0.5, 0.6) is 6.01 Å². The minimum absolute atomic E-state index is 0.398. The summed E-state index contributed by atoms with van der Waals surface area (Å²) in [5, 5.41) is 12.4. The van der Waals surface area contributed by atoms with E-state index in [9.17, 15) is 5.26 Å². The van der Waals surface area contributed by atoms with Gasteiger partial charge in [-0.25, -0.2) is 0 Å². The number of nitriles is 1. The zero-order valence-corrected chi connectivity index (χ0v) is 24.3. The number of aromatic nitrogens is 2. The fourth-order valence-electron chi connectivity index (χ4n) is 6.65. The highest BCUT2D eigenvalue weighted by molar-refractivity contribution is 6.36. The standard InChI is InChI=1S/C31H38ClN7O/c1-36-14-6-10-24(36)20-40-31-34-27-19-39(28-12-4-9-23-8-3-11-26(32)29(23)28)16-13-25(27)30(35-31)37(2)17-22-7-5-15-38(18-22)21-33/h3-4,8-9,11-12,22,24H,5-7,10,13-20H2,1-2H3/t22?,24-/m0/s1. The number of fused-ring (bicyclic) bond motifs is 2. The number of likely N-dealkylation sites (N-methyl/N-ethyl adjacent to an activating group) is 1. The molecular formula is C31H38ClN7O. The summed E-state index contributed by atoms with van der Waals surface area (Å²) in [5.41, 5.74) is 3.35. The molecule has 0 radical (unpaired) electrons. The molecule has 8 nitrogen and oxygen atoms in total. The molecule has 0 amide bonds. The van der Waals surface area contributed by atoms with Gasteiger partial charge in [-0.2, -0.15) is 15.2 Å². The fourth-order valence-corrected chi connectivity index (χ4v) is 6.93. The van der Waals surface area contributed by atoms with Gasteiger partial charge in [-0.05, 0) is 69.1 Å². The van der Waals surface area contributed by atoms with Crippen molar-refractivity contribution in [1.82, 2.24) is 19.8 Å². The highest BCUT2D eigenvalue weighted by atomic mass is 35.5. The van der Waals surface area contributed by atoms with E-state index in [1.807, 2.05) is 17.0 Å². The summed E-state index contributed by atoms with van der Waals surface area (Å²) < 4.78 is 6.29. The second-order valence-corrected chi connectivity index (χ2v) is 12.0. The quantitative estimate of drug-likeness (QED) is 0.377. The molecule has 1 aromatic heterocycles. The molecule has 6 rings (SSSR count). The molecule has 4 heterocycles. The molecule has 40 heavy (non-hydrogen) atoms. The predicted octanol–water partition coefficient (Wildman–Crippen LogP) is 4.95. The topological polar surface area (TPSA) is 71.8 Å². The fraction of sp³-hybridized carbons (Fsp3) is 0.516. The molecule has 3 aliphatic heterocycles. The maximum Gasteiger partial charge on any atom is 0.318 e. The van der Waals surface area contributed by atoms with E-state index in [-0.39, 0.29) is 0 Å². The number of nitrogens with zero attached hydrogens (tertiary/aromatic N) is 7. The Morgan fingerprint density at radius 3 is 2.73 bits per heavy atom. The Hall–Kier alpha value is -3.28. The Morgan fingerprint density at radius 1 is 1.10 bits per heavy atom. The van der Waals surface area contributed by atoms with Crippen LogP contribution in [-0.2, 0) is 13.0 Å². The average molecular weight is 560 g/mol. The Labute approximate surface area is 242 Å². The molecule has 1 unspecified atom stereocenters. The first-order chi connectivity index (χ1) is 19.5. The number of anilines is 2. The van der Waals surface area contributed by atoms with Gasteiger partial charge in [-0.1, -0.05) is 35.9 Å². The number of ether oxygens (including phenoxy) is 1. The van der Waals surface area contributed by atoms with E-state index in [0.29, 0.717) is 31.1 Å². The zero-order chi connectivity index (χ0) is 27.6. The monoisotopic (exact) mass is 559 g/mol. The van der Waals surface area contributed by atoms with Crippen LogP contribution in [0.2, 0.25) is 5.02 Å². The van der Waals surface area contributed by atoms with Gasteiger partial charge in [-0.3, -0.25) is 0 Å². The summed E-state index contributed by atoms with van der Waals surface area (Å²) in [6.07, 6.45) is 7.71. The van der Waals surface area contributed by atoms with Crippen LogP contribution in [-0.4, -0.2) is 79.2 Å². The lowest BCUT2D eigenvalue weighted by Gasteiger charge is -2.35. The summed E-state index contributed by atoms with van der Waals surface area (Å²) >= 11 is 6.70. The third kappa shape index (κ3) is 5.50. The van der Waals surface area contributed by atoms with Crippen molar-refractivity contribution in [2.24, 2.45) is 5.92 Å². The number of halogens is 1. The van der Waals surface area contributed by atoms with Crippen molar-refractivity contribution in [1.29, 1.82) is 5.26 Å². The van der Waals surface area contributed by atoms with E-state index in [4.69, 9.17) is 26.3 Å². The second kappa shape index (κ2) is 11.7. The van der Waals surface area contributed by atoms with Crippen molar-refractivity contribution in [2.45, 2.75) is 44.7 Å². The Balaban J connectivity index is 1.30.